The molecule has 1 N–H and O–H groups in total. The molecule has 0 spiro atoms. The Balaban J connectivity index is 2.14. The average molecular weight is 249 g/mol. The maximum Gasteiger partial charge on any atom is 0.127 e. The minimum atomic E-state index is -0.0652. The molecule has 100 valence electrons. The van der Waals surface area contributed by atoms with Gasteiger partial charge in [-0.25, -0.2) is 4.39 Å². The molecule has 18 heavy (non-hydrogen) atoms. The molecule has 0 saturated heterocycles. The van der Waals surface area contributed by atoms with Crippen molar-refractivity contribution in [2.24, 2.45) is 5.92 Å². The summed E-state index contributed by atoms with van der Waals surface area (Å²) in [6.45, 7) is 5.02. The molecule has 1 saturated carbocycles. The van der Waals surface area contributed by atoms with E-state index in [1.54, 1.807) is 6.07 Å². The molecule has 1 aliphatic carbocycles. The summed E-state index contributed by atoms with van der Waals surface area (Å²) >= 11 is 0. The maximum absolute atomic E-state index is 14.0. The van der Waals surface area contributed by atoms with Crippen LogP contribution in [0.4, 0.5) is 4.39 Å². The van der Waals surface area contributed by atoms with Crippen molar-refractivity contribution in [3.63, 3.8) is 0 Å². The lowest BCUT2D eigenvalue weighted by molar-refractivity contribution is 0.390. The van der Waals surface area contributed by atoms with Crippen LogP contribution >= 0.6 is 0 Å². The van der Waals surface area contributed by atoms with Crippen LogP contribution in [-0.2, 0) is 0 Å². The van der Waals surface area contributed by atoms with E-state index >= 15 is 0 Å². The summed E-state index contributed by atoms with van der Waals surface area (Å²) in [4.78, 5) is 0. The van der Waals surface area contributed by atoms with Crippen molar-refractivity contribution < 1.29 is 4.39 Å². The third-order valence-corrected chi connectivity index (χ3v) is 4.02. The molecule has 1 aromatic carbocycles. The summed E-state index contributed by atoms with van der Waals surface area (Å²) in [6, 6.07) is 5.62. The topological polar surface area (TPSA) is 12.0 Å². The fourth-order valence-corrected chi connectivity index (χ4v) is 3.08. The minimum Gasteiger partial charge on any atom is -0.310 e. The van der Waals surface area contributed by atoms with Gasteiger partial charge in [0, 0.05) is 11.6 Å². The van der Waals surface area contributed by atoms with Crippen LogP contribution in [0, 0.1) is 18.7 Å². The lowest BCUT2D eigenvalue weighted by Gasteiger charge is -2.22. The second-order valence-electron chi connectivity index (χ2n) is 5.52. The van der Waals surface area contributed by atoms with Gasteiger partial charge in [-0.2, -0.15) is 0 Å². The van der Waals surface area contributed by atoms with Gasteiger partial charge < -0.3 is 5.32 Å². The molecule has 2 heteroatoms. The van der Waals surface area contributed by atoms with Crippen LogP contribution in [0.1, 0.15) is 56.2 Å². The predicted octanol–water partition coefficient (Wildman–Crippen LogP) is 4.37. The van der Waals surface area contributed by atoms with E-state index in [2.05, 4.69) is 12.2 Å². The van der Waals surface area contributed by atoms with Gasteiger partial charge in [0.1, 0.15) is 5.82 Å². The Morgan fingerprint density at radius 1 is 1.33 bits per heavy atom. The summed E-state index contributed by atoms with van der Waals surface area (Å²) in [5, 5.41) is 3.45. The zero-order valence-electron chi connectivity index (χ0n) is 11.5. The van der Waals surface area contributed by atoms with E-state index in [4.69, 9.17) is 0 Å². The molecule has 1 aromatic rings. The first-order valence-corrected chi connectivity index (χ1v) is 7.20. The third kappa shape index (κ3) is 3.32. The lowest BCUT2D eigenvalue weighted by atomic mass is 9.92. The number of hydrogen-bond acceptors (Lipinski definition) is 1. The Morgan fingerprint density at radius 2 is 2.06 bits per heavy atom. The van der Waals surface area contributed by atoms with Crippen LogP contribution in [0.2, 0.25) is 0 Å². The molecule has 0 aliphatic heterocycles. The van der Waals surface area contributed by atoms with Gasteiger partial charge in [-0.05, 0) is 31.9 Å². The third-order valence-electron chi connectivity index (χ3n) is 4.02. The van der Waals surface area contributed by atoms with Crippen molar-refractivity contribution in [1.29, 1.82) is 0 Å². The van der Waals surface area contributed by atoms with Gasteiger partial charge in [-0.3, -0.25) is 0 Å². The average Bonchev–Trinajstić information content (AvgIpc) is 2.85. The van der Waals surface area contributed by atoms with E-state index in [1.165, 1.54) is 25.7 Å². The molecule has 0 aromatic heterocycles. The largest absolute Gasteiger partial charge is 0.310 e. The smallest absolute Gasteiger partial charge is 0.127 e. The Kier molecular flexibility index (Phi) is 4.76. The van der Waals surface area contributed by atoms with Gasteiger partial charge in [0.05, 0.1) is 0 Å². The van der Waals surface area contributed by atoms with Gasteiger partial charge in [-0.15, -0.1) is 0 Å². The first kappa shape index (κ1) is 13.5. The van der Waals surface area contributed by atoms with Crippen LogP contribution in [-0.4, -0.2) is 6.54 Å². The fourth-order valence-electron chi connectivity index (χ4n) is 3.08. The van der Waals surface area contributed by atoms with Gasteiger partial charge in [0.25, 0.3) is 0 Å². The molecule has 1 fully saturated rings. The van der Waals surface area contributed by atoms with Crippen LogP contribution in [0.3, 0.4) is 0 Å². The van der Waals surface area contributed by atoms with Crippen LogP contribution in [0.5, 0.6) is 0 Å². The Bertz CT molecular complexity index is 383. The first-order chi connectivity index (χ1) is 8.70. The number of halogens is 1. The quantitative estimate of drug-likeness (QED) is 0.817. The zero-order valence-corrected chi connectivity index (χ0v) is 11.5. The molecule has 1 unspecified atom stereocenters. The highest BCUT2D eigenvalue weighted by Gasteiger charge is 2.22. The first-order valence-electron chi connectivity index (χ1n) is 7.20. The zero-order chi connectivity index (χ0) is 13.0. The van der Waals surface area contributed by atoms with Gasteiger partial charge in [0.2, 0.25) is 0 Å². The van der Waals surface area contributed by atoms with E-state index in [1.807, 2.05) is 19.1 Å². The number of benzene rings is 1. The maximum atomic E-state index is 14.0. The lowest BCUT2D eigenvalue weighted by Crippen LogP contribution is -2.24. The van der Waals surface area contributed by atoms with Crippen molar-refractivity contribution in [3.05, 3.63) is 35.1 Å². The molecule has 2 rings (SSSR count). The summed E-state index contributed by atoms with van der Waals surface area (Å²) < 4.78 is 14.0. The molecule has 1 aliphatic rings. The van der Waals surface area contributed by atoms with Crippen molar-refractivity contribution in [2.75, 3.05) is 6.54 Å². The monoisotopic (exact) mass is 249 g/mol. The molecule has 1 atom stereocenters. The highest BCUT2D eigenvalue weighted by Crippen LogP contribution is 2.33. The molecule has 0 heterocycles. The molecular weight excluding hydrogens is 225 g/mol. The number of rotatable bonds is 5. The highest BCUT2D eigenvalue weighted by atomic mass is 19.1. The Labute approximate surface area is 110 Å². The number of hydrogen-bond donors (Lipinski definition) is 1. The van der Waals surface area contributed by atoms with E-state index in [9.17, 15) is 4.39 Å². The standard InChI is InChI=1S/C16H24FN/c1-3-18-16(11-13-6-4-5-7-13)14-10-12(2)8-9-15(14)17/h8-10,13,16,18H,3-7,11H2,1-2H3. The van der Waals surface area contributed by atoms with Crippen molar-refractivity contribution in [3.8, 4) is 0 Å². The highest BCUT2D eigenvalue weighted by molar-refractivity contribution is 5.27. The van der Waals surface area contributed by atoms with Gasteiger partial charge in [-0.1, -0.05) is 50.3 Å². The Hall–Kier alpha value is -0.890. The van der Waals surface area contributed by atoms with Crippen LogP contribution < -0.4 is 5.32 Å². The molecule has 0 amide bonds. The molecule has 0 radical (unpaired) electrons. The van der Waals surface area contributed by atoms with Crippen LogP contribution in [0.25, 0.3) is 0 Å². The second kappa shape index (κ2) is 6.33. The van der Waals surface area contributed by atoms with E-state index in [0.29, 0.717) is 0 Å². The van der Waals surface area contributed by atoms with Gasteiger partial charge in [0.15, 0.2) is 0 Å². The predicted molar refractivity (Wildman–Crippen MR) is 74.1 cm³/mol. The van der Waals surface area contributed by atoms with E-state index < -0.39 is 0 Å². The van der Waals surface area contributed by atoms with Crippen molar-refractivity contribution >= 4 is 0 Å². The fraction of sp³-hybridized carbons (Fsp3) is 0.625. The molecule has 1 nitrogen and oxygen atoms in total. The Morgan fingerprint density at radius 3 is 2.72 bits per heavy atom. The molecule has 0 bridgehead atoms. The van der Waals surface area contributed by atoms with E-state index in [-0.39, 0.29) is 11.9 Å². The van der Waals surface area contributed by atoms with E-state index in [0.717, 1.165) is 30.0 Å². The van der Waals surface area contributed by atoms with Gasteiger partial charge >= 0.3 is 0 Å². The number of aryl methyl sites for hydroxylation is 1. The summed E-state index contributed by atoms with van der Waals surface area (Å²) in [5.41, 5.74) is 1.99. The number of nitrogens with one attached hydrogen (secondary N) is 1. The molecular formula is C16H24FN. The van der Waals surface area contributed by atoms with Crippen molar-refractivity contribution in [2.45, 2.75) is 52.0 Å². The van der Waals surface area contributed by atoms with Crippen LogP contribution in [0.15, 0.2) is 18.2 Å². The summed E-state index contributed by atoms with van der Waals surface area (Å²) in [6.07, 6.45) is 6.40. The minimum absolute atomic E-state index is 0.0652. The summed E-state index contributed by atoms with van der Waals surface area (Å²) in [7, 11) is 0. The normalized spacial score (nSPS) is 18.2. The SMILES string of the molecule is CCNC(CC1CCCC1)c1cc(C)ccc1F. The second-order valence-corrected chi connectivity index (χ2v) is 5.52. The summed E-state index contributed by atoms with van der Waals surface area (Å²) in [5.74, 6) is 0.707. The van der Waals surface area contributed by atoms with Crippen molar-refractivity contribution in [1.82, 2.24) is 5.32 Å².